The van der Waals surface area contributed by atoms with E-state index in [1.165, 1.54) is 11.1 Å². The fraction of sp³-hybridized carbons (Fsp3) is 0.381. The lowest BCUT2D eigenvalue weighted by Gasteiger charge is -2.29. The van der Waals surface area contributed by atoms with Crippen molar-refractivity contribution in [1.82, 2.24) is 0 Å². The molecule has 25 heavy (non-hydrogen) atoms. The average Bonchev–Trinajstić information content (AvgIpc) is 2.68. The summed E-state index contributed by atoms with van der Waals surface area (Å²) in [5.74, 6) is 0.0543. The lowest BCUT2D eigenvalue weighted by molar-refractivity contribution is -0.116. The smallest absolute Gasteiger partial charge is 0.224 e. The number of carbonyl (C=O) groups excluding carboxylic acids is 1. The summed E-state index contributed by atoms with van der Waals surface area (Å²) in [5, 5.41) is 3.02. The Morgan fingerprint density at radius 1 is 1.08 bits per heavy atom. The molecule has 1 heterocycles. The van der Waals surface area contributed by atoms with Crippen LogP contribution in [0.3, 0.4) is 0 Å². The van der Waals surface area contributed by atoms with Crippen LogP contribution < -0.4 is 10.2 Å². The molecular formula is C21H26N2O2. The van der Waals surface area contributed by atoms with Crippen LogP contribution in [0.4, 0.5) is 11.4 Å². The first-order valence-electron chi connectivity index (χ1n) is 9.05. The summed E-state index contributed by atoms with van der Waals surface area (Å²) in [6.45, 7) is 5.45. The number of hydrogen-bond acceptors (Lipinski definition) is 3. The van der Waals surface area contributed by atoms with Crippen molar-refractivity contribution in [2.75, 3.05) is 36.5 Å². The number of carbonyl (C=O) groups is 1. The number of hydrogen-bond donors (Lipinski definition) is 1. The third kappa shape index (κ3) is 5.07. The second-order valence-corrected chi connectivity index (χ2v) is 6.37. The molecule has 1 aliphatic rings. The van der Waals surface area contributed by atoms with E-state index in [-0.39, 0.29) is 5.91 Å². The van der Waals surface area contributed by atoms with Crippen LogP contribution in [0.25, 0.3) is 0 Å². The Hall–Kier alpha value is -2.33. The molecule has 1 saturated heterocycles. The number of ether oxygens (including phenoxy) is 1. The molecular weight excluding hydrogens is 312 g/mol. The van der Waals surface area contributed by atoms with Gasteiger partial charge in [-0.15, -0.1) is 0 Å². The lowest BCUT2D eigenvalue weighted by Crippen LogP contribution is -2.36. The second kappa shape index (κ2) is 8.67. The quantitative estimate of drug-likeness (QED) is 0.874. The van der Waals surface area contributed by atoms with E-state index in [0.717, 1.165) is 50.5 Å². The molecule has 0 saturated carbocycles. The van der Waals surface area contributed by atoms with Gasteiger partial charge in [-0.25, -0.2) is 0 Å². The van der Waals surface area contributed by atoms with E-state index in [0.29, 0.717) is 6.42 Å². The molecule has 0 aromatic heterocycles. The molecule has 4 heteroatoms. The number of anilines is 2. The minimum absolute atomic E-state index is 0.0543. The third-order valence-electron chi connectivity index (χ3n) is 4.58. The van der Waals surface area contributed by atoms with E-state index in [2.05, 4.69) is 47.5 Å². The molecule has 132 valence electrons. The fourth-order valence-electron chi connectivity index (χ4n) is 3.02. The van der Waals surface area contributed by atoms with Crippen molar-refractivity contribution in [2.24, 2.45) is 0 Å². The van der Waals surface area contributed by atoms with Gasteiger partial charge in [0.1, 0.15) is 0 Å². The number of nitrogens with zero attached hydrogens (tertiary/aromatic N) is 1. The van der Waals surface area contributed by atoms with Crippen LogP contribution in [0.5, 0.6) is 0 Å². The highest BCUT2D eigenvalue weighted by Gasteiger charge is 2.12. The predicted octanol–water partition coefficient (Wildman–Crippen LogP) is 3.66. The minimum atomic E-state index is 0.0543. The van der Waals surface area contributed by atoms with Gasteiger partial charge < -0.3 is 15.0 Å². The molecule has 2 aromatic rings. The van der Waals surface area contributed by atoms with Gasteiger partial charge in [0.25, 0.3) is 0 Å². The molecule has 3 rings (SSSR count). The van der Waals surface area contributed by atoms with E-state index in [9.17, 15) is 4.79 Å². The van der Waals surface area contributed by atoms with Crippen molar-refractivity contribution >= 4 is 17.3 Å². The van der Waals surface area contributed by atoms with Crippen LogP contribution in [-0.4, -0.2) is 32.2 Å². The minimum Gasteiger partial charge on any atom is -0.378 e. The van der Waals surface area contributed by atoms with Crippen LogP contribution in [-0.2, 0) is 22.4 Å². The molecule has 0 radical (unpaired) electrons. The number of amides is 1. The SMILES string of the molecule is CCc1ccc(CCC(=O)Nc2cccc(N3CCOCC3)c2)cc1. The van der Waals surface area contributed by atoms with E-state index in [1.807, 2.05) is 18.2 Å². The Balaban J connectivity index is 1.53. The number of aryl methyl sites for hydroxylation is 2. The topological polar surface area (TPSA) is 41.6 Å². The van der Waals surface area contributed by atoms with Crippen LogP contribution in [0.2, 0.25) is 0 Å². The first-order chi connectivity index (χ1) is 12.2. The Kier molecular flexibility index (Phi) is 6.07. The Bertz CT molecular complexity index is 691. The number of rotatable bonds is 6. The van der Waals surface area contributed by atoms with Gasteiger partial charge in [0.05, 0.1) is 13.2 Å². The van der Waals surface area contributed by atoms with E-state index < -0.39 is 0 Å². The Labute approximate surface area is 149 Å². The lowest BCUT2D eigenvalue weighted by atomic mass is 10.1. The molecule has 0 atom stereocenters. The maximum Gasteiger partial charge on any atom is 0.224 e. The highest BCUT2D eigenvalue weighted by molar-refractivity contribution is 5.91. The van der Waals surface area contributed by atoms with E-state index in [1.54, 1.807) is 0 Å². The van der Waals surface area contributed by atoms with Gasteiger partial charge in [-0.2, -0.15) is 0 Å². The summed E-state index contributed by atoms with van der Waals surface area (Å²) in [6, 6.07) is 16.6. The third-order valence-corrected chi connectivity index (χ3v) is 4.58. The van der Waals surface area contributed by atoms with E-state index in [4.69, 9.17) is 4.74 Å². The largest absolute Gasteiger partial charge is 0.378 e. The van der Waals surface area contributed by atoms with Crippen molar-refractivity contribution in [3.05, 3.63) is 59.7 Å². The summed E-state index contributed by atoms with van der Waals surface area (Å²) < 4.78 is 5.39. The standard InChI is InChI=1S/C21H26N2O2/c1-2-17-6-8-18(9-7-17)10-11-21(24)22-19-4-3-5-20(16-19)23-12-14-25-15-13-23/h3-9,16H,2,10-15H2,1H3,(H,22,24). The number of morpholine rings is 1. The average molecular weight is 338 g/mol. The summed E-state index contributed by atoms with van der Waals surface area (Å²) in [5.41, 5.74) is 4.52. The normalized spacial score (nSPS) is 14.4. The zero-order valence-electron chi connectivity index (χ0n) is 14.8. The van der Waals surface area contributed by atoms with Gasteiger partial charge in [-0.3, -0.25) is 4.79 Å². The summed E-state index contributed by atoms with van der Waals surface area (Å²) in [7, 11) is 0. The molecule has 0 aliphatic carbocycles. The fourth-order valence-corrected chi connectivity index (χ4v) is 3.02. The molecule has 1 aliphatic heterocycles. The highest BCUT2D eigenvalue weighted by atomic mass is 16.5. The van der Waals surface area contributed by atoms with Crippen molar-refractivity contribution in [2.45, 2.75) is 26.2 Å². The number of nitrogens with one attached hydrogen (secondary N) is 1. The van der Waals surface area contributed by atoms with Gasteiger partial charge in [-0.1, -0.05) is 37.3 Å². The molecule has 0 spiro atoms. The first-order valence-corrected chi connectivity index (χ1v) is 9.05. The van der Waals surface area contributed by atoms with Crippen LogP contribution >= 0.6 is 0 Å². The highest BCUT2D eigenvalue weighted by Crippen LogP contribution is 2.20. The summed E-state index contributed by atoms with van der Waals surface area (Å²) >= 11 is 0. The molecule has 4 nitrogen and oxygen atoms in total. The summed E-state index contributed by atoms with van der Waals surface area (Å²) in [6.07, 6.45) is 2.30. The van der Waals surface area contributed by atoms with Crippen molar-refractivity contribution in [1.29, 1.82) is 0 Å². The van der Waals surface area contributed by atoms with Gasteiger partial charge in [0.2, 0.25) is 5.91 Å². The molecule has 2 aromatic carbocycles. The summed E-state index contributed by atoms with van der Waals surface area (Å²) in [4.78, 5) is 14.5. The zero-order chi connectivity index (χ0) is 17.5. The molecule has 1 fully saturated rings. The maximum atomic E-state index is 12.3. The zero-order valence-corrected chi connectivity index (χ0v) is 14.8. The van der Waals surface area contributed by atoms with Gasteiger partial charge in [0, 0.05) is 30.9 Å². The van der Waals surface area contributed by atoms with Gasteiger partial charge in [0.15, 0.2) is 0 Å². The van der Waals surface area contributed by atoms with Crippen molar-refractivity contribution in [3.63, 3.8) is 0 Å². The van der Waals surface area contributed by atoms with E-state index >= 15 is 0 Å². The maximum absolute atomic E-state index is 12.3. The molecule has 0 unspecified atom stereocenters. The monoisotopic (exact) mass is 338 g/mol. The predicted molar refractivity (Wildman–Crippen MR) is 102 cm³/mol. The van der Waals surface area contributed by atoms with Gasteiger partial charge in [-0.05, 0) is 42.2 Å². The first kappa shape index (κ1) is 17.5. The van der Waals surface area contributed by atoms with Crippen molar-refractivity contribution in [3.8, 4) is 0 Å². The van der Waals surface area contributed by atoms with Gasteiger partial charge >= 0.3 is 0 Å². The Morgan fingerprint density at radius 2 is 1.80 bits per heavy atom. The van der Waals surface area contributed by atoms with Crippen molar-refractivity contribution < 1.29 is 9.53 Å². The number of benzene rings is 2. The second-order valence-electron chi connectivity index (χ2n) is 6.37. The van der Waals surface area contributed by atoms with Crippen LogP contribution in [0, 0.1) is 0 Å². The van der Waals surface area contributed by atoms with Crippen LogP contribution in [0.1, 0.15) is 24.5 Å². The Morgan fingerprint density at radius 3 is 2.52 bits per heavy atom. The molecule has 1 amide bonds. The molecule has 0 bridgehead atoms. The van der Waals surface area contributed by atoms with Crippen LogP contribution in [0.15, 0.2) is 48.5 Å². The molecule has 1 N–H and O–H groups in total.